The van der Waals surface area contributed by atoms with Gasteiger partial charge in [0.1, 0.15) is 0 Å². The predicted molar refractivity (Wildman–Crippen MR) is 70.1 cm³/mol. The van der Waals surface area contributed by atoms with Gasteiger partial charge >= 0.3 is 6.03 Å². The second kappa shape index (κ2) is 6.42. The maximum absolute atomic E-state index is 11.5. The number of thioether (sulfide) groups is 1. The van der Waals surface area contributed by atoms with E-state index in [1.54, 1.807) is 26.0 Å². The van der Waals surface area contributed by atoms with Crippen molar-refractivity contribution in [3.63, 3.8) is 0 Å². The Bertz CT molecular complexity index is 431. The number of hydrogen-bond donors (Lipinski definition) is 3. The number of imide groups is 1. The zero-order valence-corrected chi connectivity index (χ0v) is 11.0. The third-order valence-corrected chi connectivity index (χ3v) is 3.40. The van der Waals surface area contributed by atoms with Crippen molar-refractivity contribution in [2.45, 2.75) is 30.1 Å². The average molecular weight is 268 g/mol. The first kappa shape index (κ1) is 14.5. The molecule has 0 aliphatic heterocycles. The van der Waals surface area contributed by atoms with Crippen LogP contribution in [0.2, 0.25) is 0 Å². The summed E-state index contributed by atoms with van der Waals surface area (Å²) in [4.78, 5) is 22.9. The fraction of sp³-hybridized carbons (Fsp3) is 0.333. The summed E-state index contributed by atoms with van der Waals surface area (Å²) in [5.74, 6) is -0.424. The van der Waals surface area contributed by atoms with Gasteiger partial charge in [0.25, 0.3) is 0 Å². The van der Waals surface area contributed by atoms with E-state index in [9.17, 15) is 14.7 Å². The van der Waals surface area contributed by atoms with Crippen molar-refractivity contribution >= 4 is 23.7 Å². The average Bonchev–Trinajstić information content (AvgIpc) is 2.28. The number of primary amides is 1. The Morgan fingerprint density at radius 3 is 2.28 bits per heavy atom. The highest BCUT2D eigenvalue weighted by atomic mass is 32.2. The van der Waals surface area contributed by atoms with Crippen LogP contribution >= 0.6 is 11.8 Å². The molecule has 0 bridgehead atoms. The molecular formula is C12H16N2O3S. The Morgan fingerprint density at radius 1 is 1.28 bits per heavy atom. The van der Waals surface area contributed by atoms with Crippen molar-refractivity contribution in [1.29, 1.82) is 0 Å². The molecule has 0 aliphatic carbocycles. The van der Waals surface area contributed by atoms with E-state index in [-0.39, 0.29) is 0 Å². The Kier molecular flexibility index (Phi) is 5.18. The van der Waals surface area contributed by atoms with Crippen LogP contribution in [0.4, 0.5) is 4.79 Å². The van der Waals surface area contributed by atoms with Crippen molar-refractivity contribution in [2.24, 2.45) is 5.73 Å². The lowest BCUT2D eigenvalue weighted by Crippen LogP contribution is -2.39. The summed E-state index contributed by atoms with van der Waals surface area (Å²) < 4.78 is 0. The molecular weight excluding hydrogens is 252 g/mol. The van der Waals surface area contributed by atoms with E-state index in [2.05, 4.69) is 0 Å². The largest absolute Gasteiger partial charge is 0.389 e. The van der Waals surface area contributed by atoms with Crippen molar-refractivity contribution in [1.82, 2.24) is 5.32 Å². The molecule has 4 N–H and O–H groups in total. The van der Waals surface area contributed by atoms with E-state index in [1.807, 2.05) is 17.4 Å². The molecule has 2 atom stereocenters. The number of urea groups is 1. The van der Waals surface area contributed by atoms with Gasteiger partial charge in [-0.25, -0.2) is 4.79 Å². The fourth-order valence-electron chi connectivity index (χ4n) is 1.31. The number of aliphatic hydroxyl groups excluding tert-OH is 1. The maximum Gasteiger partial charge on any atom is 0.318 e. The molecule has 0 saturated carbocycles. The molecule has 1 aromatic rings. The normalized spacial score (nSPS) is 13.7. The van der Waals surface area contributed by atoms with Crippen LogP contribution < -0.4 is 11.1 Å². The van der Waals surface area contributed by atoms with Crippen LogP contribution in [0.25, 0.3) is 0 Å². The lowest BCUT2D eigenvalue weighted by molar-refractivity contribution is -0.119. The highest BCUT2D eigenvalue weighted by Crippen LogP contribution is 2.24. The van der Waals surface area contributed by atoms with Crippen LogP contribution in [0.1, 0.15) is 25.5 Å². The highest BCUT2D eigenvalue weighted by molar-refractivity contribution is 8.00. The molecule has 1 aromatic carbocycles. The molecule has 0 aliphatic rings. The number of nitrogens with one attached hydrogen (secondary N) is 1. The molecule has 1 rings (SSSR count). The molecule has 0 radical (unpaired) electrons. The summed E-state index contributed by atoms with van der Waals surface area (Å²) in [5.41, 5.74) is 5.68. The van der Waals surface area contributed by atoms with Gasteiger partial charge in [0.2, 0.25) is 5.91 Å². The molecule has 2 unspecified atom stereocenters. The summed E-state index contributed by atoms with van der Waals surface area (Å²) in [6.07, 6.45) is -0.514. The SMILES string of the molecule is CC(Sc1ccc(C(C)O)cc1)C(=O)NC(N)=O. The fourth-order valence-corrected chi connectivity index (χ4v) is 2.17. The van der Waals surface area contributed by atoms with E-state index in [0.29, 0.717) is 0 Å². The number of benzene rings is 1. The van der Waals surface area contributed by atoms with E-state index in [1.165, 1.54) is 11.8 Å². The van der Waals surface area contributed by atoms with E-state index < -0.39 is 23.3 Å². The first-order valence-electron chi connectivity index (χ1n) is 5.45. The number of aliphatic hydroxyl groups is 1. The lowest BCUT2D eigenvalue weighted by Gasteiger charge is -2.11. The third kappa shape index (κ3) is 4.38. The molecule has 0 saturated heterocycles. The van der Waals surface area contributed by atoms with Crippen LogP contribution in [-0.2, 0) is 4.79 Å². The van der Waals surface area contributed by atoms with Crippen molar-refractivity contribution < 1.29 is 14.7 Å². The Morgan fingerprint density at radius 2 is 1.83 bits per heavy atom. The number of carbonyl (C=O) groups excluding carboxylic acids is 2. The topological polar surface area (TPSA) is 92.4 Å². The summed E-state index contributed by atoms with van der Waals surface area (Å²) in [6, 6.07) is 6.38. The Balaban J connectivity index is 2.61. The standard InChI is InChI=1S/C12H16N2O3S/c1-7(15)9-3-5-10(6-4-9)18-8(2)11(16)14-12(13)17/h3-8,15H,1-2H3,(H3,13,14,16,17). The van der Waals surface area contributed by atoms with E-state index in [4.69, 9.17) is 5.73 Å². The zero-order valence-electron chi connectivity index (χ0n) is 10.2. The van der Waals surface area contributed by atoms with Gasteiger partial charge in [0.05, 0.1) is 11.4 Å². The number of rotatable bonds is 4. The van der Waals surface area contributed by atoms with Crippen LogP contribution in [0.5, 0.6) is 0 Å². The molecule has 3 amide bonds. The van der Waals surface area contributed by atoms with Gasteiger partial charge < -0.3 is 10.8 Å². The summed E-state index contributed by atoms with van der Waals surface area (Å²) in [6.45, 7) is 3.37. The van der Waals surface area contributed by atoms with Crippen LogP contribution in [0, 0.1) is 0 Å². The van der Waals surface area contributed by atoms with Crippen molar-refractivity contribution in [2.75, 3.05) is 0 Å². The minimum atomic E-state index is -0.850. The van der Waals surface area contributed by atoms with Gasteiger partial charge in [0.15, 0.2) is 0 Å². The molecule has 6 heteroatoms. The maximum atomic E-state index is 11.5. The minimum Gasteiger partial charge on any atom is -0.389 e. The first-order valence-corrected chi connectivity index (χ1v) is 6.33. The minimum absolute atomic E-state index is 0.421. The van der Waals surface area contributed by atoms with Gasteiger partial charge in [-0.05, 0) is 31.5 Å². The number of amides is 3. The summed E-state index contributed by atoms with van der Waals surface area (Å²) in [5, 5.41) is 11.0. The zero-order chi connectivity index (χ0) is 13.7. The smallest absolute Gasteiger partial charge is 0.318 e. The number of nitrogens with two attached hydrogens (primary N) is 1. The van der Waals surface area contributed by atoms with Gasteiger partial charge in [-0.1, -0.05) is 12.1 Å². The van der Waals surface area contributed by atoms with E-state index >= 15 is 0 Å². The van der Waals surface area contributed by atoms with Crippen LogP contribution in [-0.4, -0.2) is 22.3 Å². The molecule has 0 spiro atoms. The molecule has 98 valence electrons. The third-order valence-electron chi connectivity index (χ3n) is 2.29. The van der Waals surface area contributed by atoms with Crippen LogP contribution in [0.3, 0.4) is 0 Å². The molecule has 5 nitrogen and oxygen atoms in total. The van der Waals surface area contributed by atoms with Gasteiger partial charge in [-0.15, -0.1) is 11.8 Å². The second-order valence-corrected chi connectivity index (χ2v) is 5.27. The molecule has 0 aromatic heterocycles. The quantitative estimate of drug-likeness (QED) is 0.720. The molecule has 18 heavy (non-hydrogen) atoms. The van der Waals surface area contributed by atoms with Crippen molar-refractivity contribution in [3.8, 4) is 0 Å². The summed E-state index contributed by atoms with van der Waals surface area (Å²) in [7, 11) is 0. The van der Waals surface area contributed by atoms with Gasteiger partial charge in [0, 0.05) is 4.90 Å². The van der Waals surface area contributed by atoms with Gasteiger partial charge in [-0.2, -0.15) is 0 Å². The molecule has 0 heterocycles. The van der Waals surface area contributed by atoms with Crippen LogP contribution in [0.15, 0.2) is 29.2 Å². The van der Waals surface area contributed by atoms with Crippen molar-refractivity contribution in [3.05, 3.63) is 29.8 Å². The second-order valence-electron chi connectivity index (χ2n) is 3.86. The monoisotopic (exact) mass is 268 g/mol. The Hall–Kier alpha value is -1.53. The molecule has 0 fully saturated rings. The Labute approximate surface area is 110 Å². The number of carbonyl (C=O) groups is 2. The highest BCUT2D eigenvalue weighted by Gasteiger charge is 2.15. The first-order chi connectivity index (χ1) is 8.40. The lowest BCUT2D eigenvalue weighted by atomic mass is 10.1. The predicted octanol–water partition coefficient (Wildman–Crippen LogP) is 1.42. The van der Waals surface area contributed by atoms with Gasteiger partial charge in [-0.3, -0.25) is 10.1 Å². The van der Waals surface area contributed by atoms with E-state index in [0.717, 1.165) is 10.5 Å². The number of hydrogen-bond acceptors (Lipinski definition) is 4. The summed E-state index contributed by atoms with van der Waals surface area (Å²) >= 11 is 1.31.